The van der Waals surface area contributed by atoms with Crippen LogP contribution in [-0.4, -0.2) is 43.7 Å². The smallest absolute Gasteiger partial charge is 0.133 e. The lowest BCUT2D eigenvalue weighted by atomic mass is 9.83. The molecule has 0 amide bonds. The van der Waals surface area contributed by atoms with Crippen molar-refractivity contribution in [2.75, 3.05) is 43.9 Å². The Labute approximate surface area is 115 Å². The van der Waals surface area contributed by atoms with Crippen molar-refractivity contribution in [3.63, 3.8) is 0 Å². The topological polar surface area (TPSA) is 53.1 Å². The van der Waals surface area contributed by atoms with Gasteiger partial charge in [0.1, 0.15) is 18.0 Å². The van der Waals surface area contributed by atoms with E-state index >= 15 is 0 Å². The molecule has 0 aromatic carbocycles. The lowest BCUT2D eigenvalue weighted by molar-refractivity contribution is 0.299. The molecular formula is C14H25N5. The van der Waals surface area contributed by atoms with Gasteiger partial charge in [0.15, 0.2) is 0 Å². The van der Waals surface area contributed by atoms with Gasteiger partial charge in [0.25, 0.3) is 0 Å². The summed E-state index contributed by atoms with van der Waals surface area (Å²) in [6.45, 7) is 2.88. The molecule has 2 rings (SSSR count). The molecule has 5 nitrogen and oxygen atoms in total. The van der Waals surface area contributed by atoms with Gasteiger partial charge < -0.3 is 15.5 Å². The van der Waals surface area contributed by atoms with Crippen LogP contribution in [0.4, 0.5) is 11.6 Å². The van der Waals surface area contributed by atoms with Crippen LogP contribution >= 0.6 is 0 Å². The Morgan fingerprint density at radius 3 is 2.84 bits per heavy atom. The van der Waals surface area contributed by atoms with Crippen molar-refractivity contribution in [3.05, 3.63) is 12.4 Å². The minimum Gasteiger partial charge on any atom is -0.369 e. The average Bonchev–Trinajstić information content (AvgIpc) is 2.37. The van der Waals surface area contributed by atoms with Gasteiger partial charge in [0.05, 0.1) is 0 Å². The average molecular weight is 263 g/mol. The molecular weight excluding hydrogens is 238 g/mol. The lowest BCUT2D eigenvalue weighted by Gasteiger charge is -2.28. The van der Waals surface area contributed by atoms with Crippen molar-refractivity contribution in [2.24, 2.45) is 5.92 Å². The van der Waals surface area contributed by atoms with E-state index in [4.69, 9.17) is 0 Å². The van der Waals surface area contributed by atoms with Gasteiger partial charge in [0.2, 0.25) is 0 Å². The number of hydrogen-bond acceptors (Lipinski definition) is 5. The van der Waals surface area contributed by atoms with E-state index in [0.29, 0.717) is 0 Å². The zero-order valence-electron chi connectivity index (χ0n) is 12.0. The monoisotopic (exact) mass is 263 g/mol. The Balaban J connectivity index is 1.81. The molecule has 2 N–H and O–H groups in total. The van der Waals surface area contributed by atoms with E-state index in [0.717, 1.165) is 37.2 Å². The number of aromatic nitrogens is 2. The molecule has 1 aliphatic rings. The van der Waals surface area contributed by atoms with Crippen LogP contribution in [0.15, 0.2) is 12.4 Å². The van der Waals surface area contributed by atoms with E-state index in [1.165, 1.54) is 25.7 Å². The van der Waals surface area contributed by atoms with Crippen LogP contribution in [0.5, 0.6) is 0 Å². The summed E-state index contributed by atoms with van der Waals surface area (Å²) in [5, 5.41) is 6.39. The Hall–Kier alpha value is -1.36. The molecule has 0 saturated heterocycles. The number of nitrogens with zero attached hydrogens (tertiary/aromatic N) is 3. The van der Waals surface area contributed by atoms with E-state index in [2.05, 4.69) is 32.5 Å². The molecule has 1 saturated carbocycles. The fourth-order valence-corrected chi connectivity index (χ4v) is 2.24. The Morgan fingerprint density at radius 1 is 1.32 bits per heavy atom. The van der Waals surface area contributed by atoms with Crippen LogP contribution in [0.3, 0.4) is 0 Å². The third-order valence-corrected chi connectivity index (χ3v) is 3.82. The summed E-state index contributed by atoms with van der Waals surface area (Å²) in [5.74, 6) is 2.84. The molecule has 0 radical (unpaired) electrons. The molecule has 1 aromatic heterocycles. The van der Waals surface area contributed by atoms with Crippen molar-refractivity contribution in [2.45, 2.75) is 25.7 Å². The second-order valence-electron chi connectivity index (χ2n) is 5.30. The maximum absolute atomic E-state index is 4.35. The fourth-order valence-electron chi connectivity index (χ4n) is 2.24. The standard InChI is InChI=1S/C14H25N5/c1-15-7-8-16-13-10-14(18-11-17-13)19(2)9-6-12-4-3-5-12/h10-12,15H,3-9H2,1-2H3,(H,16,17,18). The van der Waals surface area contributed by atoms with E-state index in [-0.39, 0.29) is 0 Å². The molecule has 0 unspecified atom stereocenters. The van der Waals surface area contributed by atoms with Crippen LogP contribution in [0.25, 0.3) is 0 Å². The van der Waals surface area contributed by atoms with Crippen molar-refractivity contribution in [1.82, 2.24) is 15.3 Å². The number of hydrogen-bond donors (Lipinski definition) is 2. The second-order valence-corrected chi connectivity index (χ2v) is 5.30. The molecule has 0 bridgehead atoms. The van der Waals surface area contributed by atoms with E-state index < -0.39 is 0 Å². The summed E-state index contributed by atoms with van der Waals surface area (Å²) in [5.41, 5.74) is 0. The molecule has 19 heavy (non-hydrogen) atoms. The third-order valence-electron chi connectivity index (χ3n) is 3.82. The van der Waals surface area contributed by atoms with E-state index in [1.54, 1.807) is 6.33 Å². The fraction of sp³-hybridized carbons (Fsp3) is 0.714. The normalized spacial score (nSPS) is 15.1. The Bertz CT molecular complexity index is 378. The predicted molar refractivity (Wildman–Crippen MR) is 79.7 cm³/mol. The van der Waals surface area contributed by atoms with E-state index in [9.17, 15) is 0 Å². The highest BCUT2D eigenvalue weighted by atomic mass is 15.2. The van der Waals surface area contributed by atoms with E-state index in [1.807, 2.05) is 13.1 Å². The SMILES string of the molecule is CNCCNc1cc(N(C)CCC2CCC2)ncn1. The summed E-state index contributed by atoms with van der Waals surface area (Å²) < 4.78 is 0. The summed E-state index contributed by atoms with van der Waals surface area (Å²) >= 11 is 0. The Kier molecular flexibility index (Phi) is 5.39. The van der Waals surface area contributed by atoms with Crippen molar-refractivity contribution in [1.29, 1.82) is 0 Å². The maximum atomic E-state index is 4.35. The van der Waals surface area contributed by atoms with Gasteiger partial charge in [-0.1, -0.05) is 19.3 Å². The maximum Gasteiger partial charge on any atom is 0.133 e. The molecule has 5 heteroatoms. The largest absolute Gasteiger partial charge is 0.369 e. The van der Waals surface area contributed by atoms with Gasteiger partial charge in [-0.25, -0.2) is 9.97 Å². The molecule has 0 aliphatic heterocycles. The van der Waals surface area contributed by atoms with Crippen LogP contribution in [0.1, 0.15) is 25.7 Å². The number of rotatable bonds is 8. The first-order valence-corrected chi connectivity index (χ1v) is 7.21. The molecule has 1 fully saturated rings. The highest BCUT2D eigenvalue weighted by Gasteiger charge is 2.17. The van der Waals surface area contributed by atoms with Gasteiger partial charge in [0, 0.05) is 32.7 Å². The first kappa shape index (κ1) is 14.1. The summed E-state index contributed by atoms with van der Waals surface area (Å²) in [6.07, 6.45) is 7.16. The zero-order chi connectivity index (χ0) is 13.5. The minimum atomic E-state index is 0.874. The van der Waals surface area contributed by atoms with Crippen LogP contribution in [-0.2, 0) is 0 Å². The van der Waals surface area contributed by atoms with Gasteiger partial charge in [-0.15, -0.1) is 0 Å². The molecule has 1 heterocycles. The van der Waals surface area contributed by atoms with Gasteiger partial charge in [-0.3, -0.25) is 0 Å². The molecule has 0 spiro atoms. The predicted octanol–water partition coefficient (Wildman–Crippen LogP) is 1.73. The van der Waals surface area contributed by atoms with Crippen LogP contribution in [0.2, 0.25) is 0 Å². The van der Waals surface area contributed by atoms with Crippen molar-refractivity contribution >= 4 is 11.6 Å². The van der Waals surface area contributed by atoms with Gasteiger partial charge in [-0.2, -0.15) is 0 Å². The van der Waals surface area contributed by atoms with Crippen LogP contribution < -0.4 is 15.5 Å². The second kappa shape index (κ2) is 7.28. The highest BCUT2D eigenvalue weighted by molar-refractivity contribution is 5.47. The minimum absolute atomic E-state index is 0.874. The molecule has 1 aliphatic carbocycles. The van der Waals surface area contributed by atoms with Crippen molar-refractivity contribution < 1.29 is 0 Å². The molecule has 1 aromatic rings. The first-order chi connectivity index (χ1) is 9.29. The number of likely N-dealkylation sites (N-methyl/N-ethyl adjacent to an activating group) is 1. The molecule has 106 valence electrons. The highest BCUT2D eigenvalue weighted by Crippen LogP contribution is 2.29. The lowest BCUT2D eigenvalue weighted by Crippen LogP contribution is -2.24. The summed E-state index contributed by atoms with van der Waals surface area (Å²) in [6, 6.07) is 2.02. The Morgan fingerprint density at radius 2 is 2.16 bits per heavy atom. The number of nitrogens with one attached hydrogen (secondary N) is 2. The third kappa shape index (κ3) is 4.35. The number of anilines is 2. The quantitative estimate of drug-likeness (QED) is 0.700. The first-order valence-electron chi connectivity index (χ1n) is 7.21. The summed E-state index contributed by atoms with van der Waals surface area (Å²) in [4.78, 5) is 10.8. The van der Waals surface area contributed by atoms with Gasteiger partial charge in [-0.05, 0) is 19.4 Å². The van der Waals surface area contributed by atoms with Crippen LogP contribution in [0, 0.1) is 5.92 Å². The molecule has 0 atom stereocenters. The zero-order valence-corrected chi connectivity index (χ0v) is 12.0. The van der Waals surface area contributed by atoms with Crippen molar-refractivity contribution in [3.8, 4) is 0 Å². The van der Waals surface area contributed by atoms with Gasteiger partial charge >= 0.3 is 0 Å². The summed E-state index contributed by atoms with van der Waals surface area (Å²) in [7, 11) is 4.06.